The first kappa shape index (κ1) is 10.1. The van der Waals surface area contributed by atoms with E-state index in [0.717, 1.165) is 5.56 Å². The maximum Gasteiger partial charge on any atom is 0.306 e. The Bertz CT molecular complexity index is 357. The molecule has 4 heteroatoms. The topological polar surface area (TPSA) is 70.4 Å². The molecule has 4 nitrogen and oxygen atoms in total. The lowest BCUT2D eigenvalue weighted by Gasteiger charge is -2.41. The number of hydrogen-bond donors (Lipinski definition) is 2. The number of rotatable bonds is 3. The van der Waals surface area contributed by atoms with E-state index in [1.54, 1.807) is 12.4 Å². The zero-order chi connectivity index (χ0) is 10.9. The summed E-state index contributed by atoms with van der Waals surface area (Å²) in [5, 5.41) is 18.7. The zero-order valence-corrected chi connectivity index (χ0v) is 8.26. The Hall–Kier alpha value is -1.42. The molecule has 0 unspecified atom stereocenters. The molecule has 80 valence electrons. The summed E-state index contributed by atoms with van der Waals surface area (Å²) >= 11 is 0. The van der Waals surface area contributed by atoms with Crippen LogP contribution in [0.3, 0.4) is 0 Å². The van der Waals surface area contributed by atoms with E-state index in [1.807, 2.05) is 12.1 Å². The minimum atomic E-state index is -0.829. The molecule has 1 aromatic rings. The van der Waals surface area contributed by atoms with E-state index >= 15 is 0 Å². The van der Waals surface area contributed by atoms with Crippen LogP contribution in [0.15, 0.2) is 24.5 Å². The van der Waals surface area contributed by atoms with E-state index in [-0.39, 0.29) is 5.92 Å². The summed E-state index contributed by atoms with van der Waals surface area (Å²) in [5.41, 5.74) is 0.168. The molecule has 1 aliphatic rings. The fourth-order valence-corrected chi connectivity index (χ4v) is 2.06. The van der Waals surface area contributed by atoms with Gasteiger partial charge in [-0.1, -0.05) is 0 Å². The van der Waals surface area contributed by atoms with Crippen molar-refractivity contribution in [3.05, 3.63) is 30.1 Å². The van der Waals surface area contributed by atoms with Crippen molar-refractivity contribution in [2.24, 2.45) is 5.92 Å². The Balaban J connectivity index is 1.95. The summed E-state index contributed by atoms with van der Waals surface area (Å²) in [6, 6.07) is 3.68. The van der Waals surface area contributed by atoms with Crippen LogP contribution in [0.5, 0.6) is 0 Å². The second-order valence-corrected chi connectivity index (χ2v) is 4.20. The van der Waals surface area contributed by atoms with Gasteiger partial charge in [-0.15, -0.1) is 0 Å². The normalized spacial score (nSPS) is 29.5. The third-order valence-electron chi connectivity index (χ3n) is 2.88. The molecule has 1 aromatic heterocycles. The number of carboxylic acid groups (broad SMARTS) is 1. The lowest BCUT2D eigenvalue weighted by atomic mass is 9.68. The van der Waals surface area contributed by atoms with Crippen molar-refractivity contribution >= 4 is 5.97 Å². The standard InChI is InChI=1S/C11H13NO3/c13-10(14)9-6-11(15,7-9)5-8-1-3-12-4-2-8/h1-4,9,15H,5-7H2,(H,13,14). The second-order valence-electron chi connectivity index (χ2n) is 4.20. The Labute approximate surface area is 87.6 Å². The summed E-state index contributed by atoms with van der Waals surface area (Å²) in [6.07, 6.45) is 4.56. The molecule has 0 aliphatic heterocycles. The maximum atomic E-state index is 10.6. The van der Waals surface area contributed by atoms with Gasteiger partial charge >= 0.3 is 5.97 Å². The molecule has 15 heavy (non-hydrogen) atoms. The smallest absolute Gasteiger partial charge is 0.306 e. The highest BCUT2D eigenvalue weighted by atomic mass is 16.4. The van der Waals surface area contributed by atoms with Crippen LogP contribution in [0, 0.1) is 5.92 Å². The highest BCUT2D eigenvalue weighted by Gasteiger charge is 2.46. The summed E-state index contributed by atoms with van der Waals surface area (Å²) in [4.78, 5) is 14.5. The van der Waals surface area contributed by atoms with Gasteiger partial charge in [0.05, 0.1) is 11.5 Å². The zero-order valence-electron chi connectivity index (χ0n) is 8.26. The summed E-state index contributed by atoms with van der Waals surface area (Å²) in [5.74, 6) is -1.19. The molecule has 1 saturated carbocycles. The molecule has 0 radical (unpaired) electrons. The molecule has 0 saturated heterocycles. The number of carbonyl (C=O) groups is 1. The van der Waals surface area contributed by atoms with Crippen molar-refractivity contribution in [1.29, 1.82) is 0 Å². The van der Waals surface area contributed by atoms with Crippen LogP contribution >= 0.6 is 0 Å². The number of hydrogen-bond acceptors (Lipinski definition) is 3. The van der Waals surface area contributed by atoms with Crippen LogP contribution in [0.1, 0.15) is 18.4 Å². The Morgan fingerprint density at radius 2 is 2.07 bits per heavy atom. The lowest BCUT2D eigenvalue weighted by Crippen LogP contribution is -2.48. The van der Waals surface area contributed by atoms with Gasteiger partial charge in [-0.3, -0.25) is 9.78 Å². The molecule has 2 rings (SSSR count). The van der Waals surface area contributed by atoms with Gasteiger partial charge in [0.25, 0.3) is 0 Å². The highest BCUT2D eigenvalue weighted by molar-refractivity contribution is 5.71. The minimum absolute atomic E-state index is 0.352. The van der Waals surface area contributed by atoms with Gasteiger partial charge in [-0.25, -0.2) is 0 Å². The molecule has 0 amide bonds. The van der Waals surface area contributed by atoms with Crippen molar-refractivity contribution in [2.75, 3.05) is 0 Å². The monoisotopic (exact) mass is 207 g/mol. The Kier molecular flexibility index (Phi) is 2.44. The van der Waals surface area contributed by atoms with Crippen molar-refractivity contribution in [3.8, 4) is 0 Å². The van der Waals surface area contributed by atoms with E-state index in [4.69, 9.17) is 5.11 Å². The molecule has 1 aliphatic carbocycles. The highest BCUT2D eigenvalue weighted by Crippen LogP contribution is 2.40. The number of aromatic nitrogens is 1. The third-order valence-corrected chi connectivity index (χ3v) is 2.88. The Morgan fingerprint density at radius 1 is 1.47 bits per heavy atom. The Morgan fingerprint density at radius 3 is 2.60 bits per heavy atom. The van der Waals surface area contributed by atoms with Crippen molar-refractivity contribution in [2.45, 2.75) is 24.9 Å². The molecule has 1 fully saturated rings. The van der Waals surface area contributed by atoms with Crippen molar-refractivity contribution < 1.29 is 15.0 Å². The van der Waals surface area contributed by atoms with Gasteiger partial charge < -0.3 is 10.2 Å². The average Bonchev–Trinajstić information content (AvgIpc) is 2.15. The van der Waals surface area contributed by atoms with Crippen LogP contribution in [-0.4, -0.2) is 26.8 Å². The van der Waals surface area contributed by atoms with Gasteiger partial charge in [0, 0.05) is 18.8 Å². The van der Waals surface area contributed by atoms with E-state index in [2.05, 4.69) is 4.98 Å². The molecular weight excluding hydrogens is 194 g/mol. The summed E-state index contributed by atoms with van der Waals surface area (Å²) < 4.78 is 0. The van der Waals surface area contributed by atoms with E-state index in [0.29, 0.717) is 19.3 Å². The van der Waals surface area contributed by atoms with Gasteiger partial charge in [-0.05, 0) is 30.5 Å². The summed E-state index contributed by atoms with van der Waals surface area (Å²) in [6.45, 7) is 0. The van der Waals surface area contributed by atoms with Crippen LogP contribution in [0.4, 0.5) is 0 Å². The molecule has 0 bridgehead atoms. The minimum Gasteiger partial charge on any atom is -0.481 e. The number of aliphatic hydroxyl groups is 1. The summed E-state index contributed by atoms with van der Waals surface area (Å²) in [7, 11) is 0. The fraction of sp³-hybridized carbons (Fsp3) is 0.455. The van der Waals surface area contributed by atoms with Crippen molar-refractivity contribution in [3.63, 3.8) is 0 Å². The molecule has 0 spiro atoms. The van der Waals surface area contributed by atoms with Crippen LogP contribution in [0.2, 0.25) is 0 Å². The first-order valence-corrected chi connectivity index (χ1v) is 4.93. The van der Waals surface area contributed by atoms with E-state index in [9.17, 15) is 9.90 Å². The van der Waals surface area contributed by atoms with Gasteiger partial charge in [0.2, 0.25) is 0 Å². The number of aliphatic carboxylic acids is 1. The molecular formula is C11H13NO3. The number of pyridine rings is 1. The first-order valence-electron chi connectivity index (χ1n) is 4.93. The predicted octanol–water partition coefficient (Wildman–Crippen LogP) is 0.850. The molecule has 2 N–H and O–H groups in total. The average molecular weight is 207 g/mol. The second kappa shape index (κ2) is 3.62. The number of carboxylic acids is 1. The van der Waals surface area contributed by atoms with Crippen LogP contribution < -0.4 is 0 Å². The largest absolute Gasteiger partial charge is 0.481 e. The quantitative estimate of drug-likeness (QED) is 0.770. The maximum absolute atomic E-state index is 10.6. The fourth-order valence-electron chi connectivity index (χ4n) is 2.06. The van der Waals surface area contributed by atoms with Gasteiger partial charge in [0.15, 0.2) is 0 Å². The van der Waals surface area contributed by atoms with E-state index in [1.165, 1.54) is 0 Å². The number of nitrogens with zero attached hydrogens (tertiary/aromatic N) is 1. The third kappa shape index (κ3) is 2.15. The SMILES string of the molecule is O=C(O)C1CC(O)(Cc2ccncc2)C1. The molecule has 0 aromatic carbocycles. The van der Waals surface area contributed by atoms with Crippen molar-refractivity contribution in [1.82, 2.24) is 4.98 Å². The predicted molar refractivity (Wildman–Crippen MR) is 53.3 cm³/mol. The van der Waals surface area contributed by atoms with E-state index < -0.39 is 11.6 Å². The van der Waals surface area contributed by atoms with Gasteiger partial charge in [-0.2, -0.15) is 0 Å². The van der Waals surface area contributed by atoms with Crippen LogP contribution in [0.25, 0.3) is 0 Å². The molecule has 0 atom stereocenters. The molecule has 1 heterocycles. The van der Waals surface area contributed by atoms with Crippen LogP contribution in [-0.2, 0) is 11.2 Å². The van der Waals surface area contributed by atoms with Gasteiger partial charge in [0.1, 0.15) is 0 Å². The first-order chi connectivity index (χ1) is 7.09. The lowest BCUT2D eigenvalue weighted by molar-refractivity contribution is -0.158.